The summed E-state index contributed by atoms with van der Waals surface area (Å²) in [5, 5.41) is 11.0. The number of aliphatic hydroxyl groups is 1. The molecular formula is C9H12IN3O3. The van der Waals surface area contributed by atoms with Crippen LogP contribution in [0.3, 0.4) is 0 Å². The van der Waals surface area contributed by atoms with Crippen molar-refractivity contribution in [1.82, 2.24) is 14.9 Å². The van der Waals surface area contributed by atoms with Crippen molar-refractivity contribution < 1.29 is 9.90 Å². The predicted octanol–water partition coefficient (Wildman–Crippen LogP) is -0.735. The van der Waals surface area contributed by atoms with E-state index in [9.17, 15) is 9.59 Å². The van der Waals surface area contributed by atoms with Gasteiger partial charge < -0.3 is 10.4 Å². The zero-order chi connectivity index (χ0) is 12.1. The van der Waals surface area contributed by atoms with E-state index in [0.29, 0.717) is 9.39 Å². The predicted molar refractivity (Wildman–Crippen MR) is 66.0 cm³/mol. The van der Waals surface area contributed by atoms with Gasteiger partial charge in [0.05, 0.1) is 10.2 Å². The highest BCUT2D eigenvalue weighted by Gasteiger charge is 2.09. The first-order valence-electron chi connectivity index (χ1n) is 4.65. The molecule has 0 atom stereocenters. The molecule has 0 aliphatic heterocycles. The van der Waals surface area contributed by atoms with Crippen LogP contribution in [-0.4, -0.2) is 33.7 Å². The molecule has 0 aliphatic rings. The normalized spacial score (nSPS) is 10.2. The van der Waals surface area contributed by atoms with Gasteiger partial charge in [-0.25, -0.2) is 4.98 Å². The summed E-state index contributed by atoms with van der Waals surface area (Å²) in [6.45, 7) is 1.65. The Morgan fingerprint density at radius 1 is 1.69 bits per heavy atom. The minimum absolute atomic E-state index is 0.0749. The number of nitrogens with one attached hydrogen (secondary N) is 1. The van der Waals surface area contributed by atoms with Crippen LogP contribution < -0.4 is 10.9 Å². The van der Waals surface area contributed by atoms with E-state index in [1.54, 1.807) is 6.92 Å². The third kappa shape index (κ3) is 3.27. The molecule has 0 aromatic carbocycles. The molecule has 1 aromatic rings. The molecule has 0 spiro atoms. The molecule has 0 unspecified atom stereocenters. The molecule has 88 valence electrons. The summed E-state index contributed by atoms with van der Waals surface area (Å²) in [6.07, 6.45) is 1.47. The summed E-state index contributed by atoms with van der Waals surface area (Å²) in [4.78, 5) is 27.1. The van der Waals surface area contributed by atoms with E-state index < -0.39 is 0 Å². The lowest BCUT2D eigenvalue weighted by molar-refractivity contribution is -0.121. The second kappa shape index (κ2) is 5.94. The van der Waals surface area contributed by atoms with E-state index in [4.69, 9.17) is 5.11 Å². The topological polar surface area (TPSA) is 84.2 Å². The van der Waals surface area contributed by atoms with Crippen molar-refractivity contribution in [2.45, 2.75) is 13.5 Å². The van der Waals surface area contributed by atoms with Crippen molar-refractivity contribution in [2.24, 2.45) is 0 Å². The maximum Gasteiger partial charge on any atom is 0.267 e. The number of aryl methyl sites for hydroxylation is 1. The summed E-state index contributed by atoms with van der Waals surface area (Å²) < 4.78 is 1.77. The fraction of sp³-hybridized carbons (Fsp3) is 0.444. The quantitative estimate of drug-likeness (QED) is 0.710. The van der Waals surface area contributed by atoms with Gasteiger partial charge in [-0.2, -0.15) is 0 Å². The van der Waals surface area contributed by atoms with Crippen molar-refractivity contribution in [3.63, 3.8) is 0 Å². The van der Waals surface area contributed by atoms with Gasteiger partial charge >= 0.3 is 0 Å². The Labute approximate surface area is 106 Å². The van der Waals surface area contributed by atoms with Crippen molar-refractivity contribution >= 4 is 28.5 Å². The summed E-state index contributed by atoms with van der Waals surface area (Å²) in [5.41, 5.74) is -0.229. The van der Waals surface area contributed by atoms with Crippen LogP contribution in [0.1, 0.15) is 5.82 Å². The highest BCUT2D eigenvalue weighted by Crippen LogP contribution is 1.97. The second-order valence-corrected chi connectivity index (χ2v) is 4.28. The fourth-order valence-corrected chi connectivity index (χ4v) is 1.56. The molecule has 2 N–H and O–H groups in total. The monoisotopic (exact) mass is 337 g/mol. The number of carbonyl (C=O) groups is 1. The van der Waals surface area contributed by atoms with E-state index in [-0.39, 0.29) is 31.2 Å². The number of nitrogens with zero attached hydrogens (tertiary/aromatic N) is 2. The van der Waals surface area contributed by atoms with Crippen LogP contribution in [0.5, 0.6) is 0 Å². The Hall–Kier alpha value is -0.960. The van der Waals surface area contributed by atoms with E-state index in [2.05, 4.69) is 10.3 Å². The van der Waals surface area contributed by atoms with Crippen molar-refractivity contribution in [1.29, 1.82) is 0 Å². The SMILES string of the molecule is Cc1ncc(I)c(=O)n1CC(=O)NCCO. The molecule has 0 aliphatic carbocycles. The first kappa shape index (κ1) is 13.1. The number of hydrogen-bond acceptors (Lipinski definition) is 4. The van der Waals surface area contributed by atoms with Gasteiger partial charge in [0.1, 0.15) is 12.4 Å². The number of aromatic nitrogens is 2. The molecule has 6 nitrogen and oxygen atoms in total. The molecule has 1 aromatic heterocycles. The standard InChI is InChI=1S/C9H12IN3O3/c1-6-12-4-7(10)9(16)13(6)5-8(15)11-2-3-14/h4,14H,2-3,5H2,1H3,(H,11,15). The Balaban J connectivity index is 2.85. The molecule has 1 heterocycles. The van der Waals surface area contributed by atoms with Crippen LogP contribution in [0.25, 0.3) is 0 Å². The largest absolute Gasteiger partial charge is 0.395 e. The molecule has 0 saturated heterocycles. The molecule has 7 heteroatoms. The third-order valence-corrected chi connectivity index (χ3v) is 2.68. The van der Waals surface area contributed by atoms with Gasteiger partial charge in [0.15, 0.2) is 0 Å². The minimum Gasteiger partial charge on any atom is -0.395 e. The van der Waals surface area contributed by atoms with E-state index in [0.717, 1.165) is 0 Å². The first-order chi connectivity index (χ1) is 7.56. The van der Waals surface area contributed by atoms with Gasteiger partial charge in [-0.1, -0.05) is 0 Å². The van der Waals surface area contributed by atoms with Crippen LogP contribution >= 0.6 is 22.6 Å². The van der Waals surface area contributed by atoms with Crippen LogP contribution in [0, 0.1) is 10.5 Å². The molecule has 0 radical (unpaired) electrons. The lowest BCUT2D eigenvalue weighted by Gasteiger charge is -2.09. The number of amides is 1. The number of hydrogen-bond donors (Lipinski definition) is 2. The molecular weight excluding hydrogens is 325 g/mol. The molecule has 0 fully saturated rings. The zero-order valence-corrected chi connectivity index (χ0v) is 10.9. The lowest BCUT2D eigenvalue weighted by atomic mass is 10.4. The number of halogens is 1. The Kier molecular flexibility index (Phi) is 4.87. The number of carbonyl (C=O) groups excluding carboxylic acids is 1. The van der Waals surface area contributed by atoms with Crippen molar-refractivity contribution in [3.05, 3.63) is 25.9 Å². The highest BCUT2D eigenvalue weighted by atomic mass is 127. The molecule has 1 rings (SSSR count). The van der Waals surface area contributed by atoms with Gasteiger partial charge in [-0.15, -0.1) is 0 Å². The van der Waals surface area contributed by atoms with E-state index in [1.807, 2.05) is 22.6 Å². The van der Waals surface area contributed by atoms with Crippen LogP contribution in [0.2, 0.25) is 0 Å². The van der Waals surface area contributed by atoms with Gasteiger partial charge in [-0.3, -0.25) is 14.2 Å². The maximum atomic E-state index is 11.7. The molecule has 0 saturated carbocycles. The van der Waals surface area contributed by atoms with Crippen LogP contribution in [-0.2, 0) is 11.3 Å². The fourth-order valence-electron chi connectivity index (χ4n) is 1.13. The lowest BCUT2D eigenvalue weighted by Crippen LogP contribution is -2.35. The zero-order valence-electron chi connectivity index (χ0n) is 8.73. The van der Waals surface area contributed by atoms with Crippen molar-refractivity contribution in [2.75, 3.05) is 13.2 Å². The first-order valence-corrected chi connectivity index (χ1v) is 5.73. The average Bonchev–Trinajstić information content (AvgIpc) is 2.27. The van der Waals surface area contributed by atoms with Crippen LogP contribution in [0.4, 0.5) is 0 Å². The molecule has 16 heavy (non-hydrogen) atoms. The second-order valence-electron chi connectivity index (χ2n) is 3.12. The van der Waals surface area contributed by atoms with Gasteiger partial charge in [0.25, 0.3) is 5.56 Å². The van der Waals surface area contributed by atoms with E-state index >= 15 is 0 Å². The Morgan fingerprint density at radius 3 is 3.00 bits per heavy atom. The molecule has 1 amide bonds. The highest BCUT2D eigenvalue weighted by molar-refractivity contribution is 14.1. The van der Waals surface area contributed by atoms with Crippen LogP contribution in [0.15, 0.2) is 11.0 Å². The smallest absolute Gasteiger partial charge is 0.267 e. The van der Waals surface area contributed by atoms with Gasteiger partial charge in [-0.05, 0) is 29.5 Å². The Morgan fingerprint density at radius 2 is 2.38 bits per heavy atom. The summed E-state index contributed by atoms with van der Waals surface area (Å²) in [6, 6.07) is 0. The average molecular weight is 337 g/mol. The number of rotatable bonds is 4. The third-order valence-electron chi connectivity index (χ3n) is 1.94. The van der Waals surface area contributed by atoms with Gasteiger partial charge in [0, 0.05) is 12.7 Å². The summed E-state index contributed by atoms with van der Waals surface area (Å²) in [5.74, 6) is 0.174. The summed E-state index contributed by atoms with van der Waals surface area (Å²) >= 11 is 1.87. The van der Waals surface area contributed by atoms with Gasteiger partial charge in [0.2, 0.25) is 5.91 Å². The minimum atomic E-state index is -0.317. The van der Waals surface area contributed by atoms with Crippen molar-refractivity contribution in [3.8, 4) is 0 Å². The Bertz CT molecular complexity index is 444. The van der Waals surface area contributed by atoms with E-state index in [1.165, 1.54) is 10.8 Å². The maximum absolute atomic E-state index is 11.7. The molecule has 0 bridgehead atoms. The summed E-state index contributed by atoms with van der Waals surface area (Å²) in [7, 11) is 0. The number of aliphatic hydroxyl groups excluding tert-OH is 1.